The first kappa shape index (κ1) is 14.2. The summed E-state index contributed by atoms with van der Waals surface area (Å²) in [5.41, 5.74) is -0.0164. The molecule has 0 bridgehead atoms. The van der Waals surface area contributed by atoms with Crippen molar-refractivity contribution in [2.24, 2.45) is 0 Å². The third-order valence-corrected chi connectivity index (χ3v) is 3.12. The SMILES string of the molecule is Fc1cccc(-c2cc(-c3cccc(F)c3F)ncn2)c1F. The molecule has 2 aromatic carbocycles. The molecule has 1 heterocycles. The van der Waals surface area contributed by atoms with E-state index in [2.05, 4.69) is 9.97 Å². The predicted octanol–water partition coefficient (Wildman–Crippen LogP) is 4.37. The first-order chi connectivity index (χ1) is 10.6. The van der Waals surface area contributed by atoms with E-state index < -0.39 is 23.3 Å². The zero-order chi connectivity index (χ0) is 15.7. The molecule has 1 aromatic heterocycles. The third-order valence-electron chi connectivity index (χ3n) is 3.12. The van der Waals surface area contributed by atoms with Crippen LogP contribution in [0, 0.1) is 23.3 Å². The van der Waals surface area contributed by atoms with E-state index in [0.717, 1.165) is 18.5 Å². The fraction of sp³-hybridized carbons (Fsp3) is 0. The molecule has 0 fully saturated rings. The minimum Gasteiger partial charge on any atom is -0.236 e. The van der Waals surface area contributed by atoms with Crippen molar-refractivity contribution in [2.75, 3.05) is 0 Å². The van der Waals surface area contributed by atoms with Gasteiger partial charge in [0.05, 0.1) is 11.4 Å². The number of rotatable bonds is 2. The van der Waals surface area contributed by atoms with E-state index >= 15 is 0 Å². The summed E-state index contributed by atoms with van der Waals surface area (Å²) in [6.45, 7) is 0. The van der Waals surface area contributed by atoms with Gasteiger partial charge in [0.1, 0.15) is 6.33 Å². The maximum Gasteiger partial charge on any atom is 0.168 e. The van der Waals surface area contributed by atoms with Crippen LogP contribution in [0.1, 0.15) is 0 Å². The molecule has 0 aliphatic heterocycles. The van der Waals surface area contributed by atoms with Gasteiger partial charge < -0.3 is 0 Å². The lowest BCUT2D eigenvalue weighted by atomic mass is 10.1. The monoisotopic (exact) mass is 304 g/mol. The minimum absolute atomic E-state index is 0.0747. The number of nitrogens with zero attached hydrogens (tertiary/aromatic N) is 2. The maximum atomic E-state index is 13.8. The molecule has 0 atom stereocenters. The van der Waals surface area contributed by atoms with Gasteiger partial charge in [-0.1, -0.05) is 12.1 Å². The molecule has 0 saturated carbocycles. The van der Waals surface area contributed by atoms with Crippen LogP contribution < -0.4 is 0 Å². The normalized spacial score (nSPS) is 10.7. The average molecular weight is 304 g/mol. The molecule has 0 radical (unpaired) electrons. The Morgan fingerprint density at radius 2 is 1.09 bits per heavy atom. The summed E-state index contributed by atoms with van der Waals surface area (Å²) in [6, 6.07) is 8.57. The highest BCUT2D eigenvalue weighted by molar-refractivity contribution is 5.68. The smallest absolute Gasteiger partial charge is 0.168 e. The van der Waals surface area contributed by atoms with Gasteiger partial charge in [-0.2, -0.15) is 0 Å². The molecule has 0 saturated heterocycles. The van der Waals surface area contributed by atoms with Gasteiger partial charge in [-0.25, -0.2) is 27.5 Å². The van der Waals surface area contributed by atoms with Crippen molar-refractivity contribution in [3.05, 3.63) is 72.1 Å². The summed E-state index contributed by atoms with van der Waals surface area (Å²) >= 11 is 0. The molecule has 110 valence electrons. The highest BCUT2D eigenvalue weighted by Crippen LogP contribution is 2.27. The van der Waals surface area contributed by atoms with Gasteiger partial charge in [0.15, 0.2) is 23.3 Å². The van der Waals surface area contributed by atoms with Crippen LogP contribution in [0.5, 0.6) is 0 Å². The van der Waals surface area contributed by atoms with Gasteiger partial charge in [-0.3, -0.25) is 0 Å². The van der Waals surface area contributed by atoms with Gasteiger partial charge >= 0.3 is 0 Å². The summed E-state index contributed by atoms with van der Waals surface area (Å²) < 4.78 is 54.1. The molecule has 2 nitrogen and oxygen atoms in total. The highest BCUT2D eigenvalue weighted by Gasteiger charge is 2.15. The number of benzene rings is 2. The lowest BCUT2D eigenvalue weighted by molar-refractivity contribution is 0.510. The highest BCUT2D eigenvalue weighted by atomic mass is 19.2. The predicted molar refractivity (Wildman–Crippen MR) is 72.7 cm³/mol. The van der Waals surface area contributed by atoms with Crippen LogP contribution in [0.15, 0.2) is 48.8 Å². The van der Waals surface area contributed by atoms with Gasteiger partial charge in [0, 0.05) is 11.1 Å². The molecule has 6 heteroatoms. The summed E-state index contributed by atoms with van der Waals surface area (Å²) in [4.78, 5) is 7.71. The minimum atomic E-state index is -1.06. The van der Waals surface area contributed by atoms with Crippen molar-refractivity contribution >= 4 is 0 Å². The Balaban J connectivity index is 2.14. The van der Waals surface area contributed by atoms with Gasteiger partial charge in [-0.15, -0.1) is 0 Å². The van der Waals surface area contributed by atoms with Gasteiger partial charge in [0.2, 0.25) is 0 Å². The topological polar surface area (TPSA) is 25.8 Å². The fourth-order valence-corrected chi connectivity index (χ4v) is 2.06. The molecule has 0 spiro atoms. The number of hydrogen-bond donors (Lipinski definition) is 0. The van der Waals surface area contributed by atoms with Gasteiger partial charge in [0.25, 0.3) is 0 Å². The molecule has 0 aliphatic rings. The number of halogens is 4. The summed E-state index contributed by atoms with van der Waals surface area (Å²) in [5.74, 6) is -4.16. The van der Waals surface area contributed by atoms with Crippen LogP contribution in [0.2, 0.25) is 0 Å². The quantitative estimate of drug-likeness (QED) is 0.657. The first-order valence-corrected chi connectivity index (χ1v) is 6.28. The Kier molecular flexibility index (Phi) is 3.58. The second kappa shape index (κ2) is 5.55. The fourth-order valence-electron chi connectivity index (χ4n) is 2.06. The van der Waals surface area contributed by atoms with E-state index in [0.29, 0.717) is 0 Å². The molecule has 0 aliphatic carbocycles. The Morgan fingerprint density at radius 3 is 1.55 bits per heavy atom. The molecule has 3 rings (SSSR count). The standard InChI is InChI=1S/C16H8F4N2/c17-11-5-1-3-9(15(11)19)13-7-14(22-8-21-13)10-4-2-6-12(18)16(10)20/h1-8H. The van der Waals surface area contributed by atoms with Crippen LogP contribution in [0.3, 0.4) is 0 Å². The van der Waals surface area contributed by atoms with E-state index in [-0.39, 0.29) is 22.5 Å². The molecule has 22 heavy (non-hydrogen) atoms. The molecular formula is C16H8F4N2. The largest absolute Gasteiger partial charge is 0.236 e. The second-order valence-electron chi connectivity index (χ2n) is 4.49. The Labute approximate surface area is 123 Å². The Morgan fingerprint density at radius 1 is 0.636 bits per heavy atom. The molecule has 0 N–H and O–H groups in total. The van der Waals surface area contributed by atoms with Crippen LogP contribution in [0.4, 0.5) is 17.6 Å². The van der Waals surface area contributed by atoms with Crippen molar-refractivity contribution < 1.29 is 17.6 Å². The second-order valence-corrected chi connectivity index (χ2v) is 4.49. The van der Waals surface area contributed by atoms with Gasteiger partial charge in [-0.05, 0) is 30.3 Å². The van der Waals surface area contributed by atoms with Crippen LogP contribution >= 0.6 is 0 Å². The third kappa shape index (κ3) is 2.43. The molecule has 0 amide bonds. The van der Waals surface area contributed by atoms with Crippen molar-refractivity contribution in [1.82, 2.24) is 9.97 Å². The van der Waals surface area contributed by atoms with Crippen molar-refractivity contribution in [1.29, 1.82) is 0 Å². The van der Waals surface area contributed by atoms with Crippen molar-refractivity contribution in [3.8, 4) is 22.5 Å². The average Bonchev–Trinajstić information content (AvgIpc) is 2.53. The summed E-state index contributed by atoms with van der Waals surface area (Å²) in [7, 11) is 0. The molecule has 3 aromatic rings. The zero-order valence-electron chi connectivity index (χ0n) is 11.0. The lowest BCUT2D eigenvalue weighted by Gasteiger charge is -2.07. The van der Waals surface area contributed by atoms with Crippen LogP contribution in [0.25, 0.3) is 22.5 Å². The lowest BCUT2D eigenvalue weighted by Crippen LogP contribution is -1.96. The van der Waals surface area contributed by atoms with E-state index in [1.807, 2.05) is 0 Å². The Hall–Kier alpha value is -2.76. The summed E-state index contributed by atoms with van der Waals surface area (Å²) in [5, 5.41) is 0. The molecular weight excluding hydrogens is 296 g/mol. The first-order valence-electron chi connectivity index (χ1n) is 6.28. The van der Waals surface area contributed by atoms with Crippen molar-refractivity contribution in [2.45, 2.75) is 0 Å². The van der Waals surface area contributed by atoms with E-state index in [4.69, 9.17) is 0 Å². The van der Waals surface area contributed by atoms with Crippen LogP contribution in [-0.2, 0) is 0 Å². The van der Waals surface area contributed by atoms with E-state index in [1.165, 1.54) is 30.3 Å². The Bertz CT molecular complexity index is 783. The van der Waals surface area contributed by atoms with E-state index in [9.17, 15) is 17.6 Å². The number of hydrogen-bond acceptors (Lipinski definition) is 2. The maximum absolute atomic E-state index is 13.8. The van der Waals surface area contributed by atoms with Crippen LogP contribution in [-0.4, -0.2) is 9.97 Å². The summed E-state index contributed by atoms with van der Waals surface area (Å²) in [6.07, 6.45) is 1.08. The zero-order valence-corrected chi connectivity index (χ0v) is 11.0. The number of aromatic nitrogens is 2. The van der Waals surface area contributed by atoms with Crippen molar-refractivity contribution in [3.63, 3.8) is 0 Å². The molecule has 0 unspecified atom stereocenters. The van der Waals surface area contributed by atoms with E-state index in [1.54, 1.807) is 0 Å².